The molecule has 2 rings (SSSR count). The van der Waals surface area contributed by atoms with Gasteiger partial charge >= 0.3 is 5.97 Å². The molecule has 30 heavy (non-hydrogen) atoms. The molecule has 164 valence electrons. The number of hydrogen-bond donors (Lipinski definition) is 0. The third kappa shape index (κ3) is 7.59. The van der Waals surface area contributed by atoms with Gasteiger partial charge in [-0.1, -0.05) is 81.9 Å². The molecule has 0 N–H and O–H groups in total. The summed E-state index contributed by atoms with van der Waals surface area (Å²) < 4.78 is 5.33. The van der Waals surface area contributed by atoms with Gasteiger partial charge in [0.1, 0.15) is 5.69 Å². The second-order valence-electron chi connectivity index (χ2n) is 9.18. The molecule has 0 fully saturated rings. The number of nitrogens with zero attached hydrogens (tertiary/aromatic N) is 1. The number of pyridine rings is 1. The molecule has 3 heteroatoms. The van der Waals surface area contributed by atoms with Gasteiger partial charge < -0.3 is 4.74 Å². The van der Waals surface area contributed by atoms with Gasteiger partial charge in [0.15, 0.2) is 0 Å². The topological polar surface area (TPSA) is 39.2 Å². The van der Waals surface area contributed by atoms with Gasteiger partial charge in [0.05, 0.1) is 6.61 Å². The Morgan fingerprint density at radius 3 is 2.63 bits per heavy atom. The van der Waals surface area contributed by atoms with E-state index in [1.165, 1.54) is 55.2 Å². The average Bonchev–Trinajstić information content (AvgIpc) is 2.70. The first-order valence-electron chi connectivity index (χ1n) is 11.5. The zero-order chi connectivity index (χ0) is 22.0. The standard InChI is InChI=1S/C27H39NO2/c1-6-7-8-9-10-18-30-26(29)25-16-14-23(20-28-25)19-21(2)13-15-24-22(3)12-11-17-27(24,4)5/h13-16,19-20H,6-12,17-18H2,1-5H3. The molecule has 0 amide bonds. The molecule has 1 aliphatic rings. The van der Waals surface area contributed by atoms with Crippen LogP contribution >= 0.6 is 0 Å². The van der Waals surface area contributed by atoms with E-state index in [1.807, 2.05) is 6.07 Å². The Bertz CT molecular complexity index is 782. The first-order valence-corrected chi connectivity index (χ1v) is 11.5. The van der Waals surface area contributed by atoms with E-state index in [-0.39, 0.29) is 11.4 Å². The molecule has 1 aromatic rings. The molecule has 0 radical (unpaired) electrons. The highest BCUT2D eigenvalue weighted by molar-refractivity contribution is 5.87. The fraction of sp³-hybridized carbons (Fsp3) is 0.556. The second kappa shape index (κ2) is 11.9. The summed E-state index contributed by atoms with van der Waals surface area (Å²) in [5, 5.41) is 0. The maximum absolute atomic E-state index is 12.1. The maximum atomic E-state index is 12.1. The maximum Gasteiger partial charge on any atom is 0.356 e. The minimum Gasteiger partial charge on any atom is -0.461 e. The highest BCUT2D eigenvalue weighted by Crippen LogP contribution is 2.40. The fourth-order valence-electron chi connectivity index (χ4n) is 4.09. The quantitative estimate of drug-likeness (QED) is 0.226. The lowest BCUT2D eigenvalue weighted by molar-refractivity contribution is 0.0491. The molecular formula is C27H39NO2. The van der Waals surface area contributed by atoms with Crippen molar-refractivity contribution in [3.05, 3.63) is 58.5 Å². The van der Waals surface area contributed by atoms with Crippen LogP contribution in [0.2, 0.25) is 0 Å². The first kappa shape index (κ1) is 24.1. The van der Waals surface area contributed by atoms with Gasteiger partial charge in [-0.05, 0) is 62.1 Å². The van der Waals surface area contributed by atoms with Crippen molar-refractivity contribution in [1.29, 1.82) is 0 Å². The molecule has 0 bridgehead atoms. The molecule has 0 saturated carbocycles. The number of esters is 1. The van der Waals surface area contributed by atoms with Crippen molar-refractivity contribution < 1.29 is 9.53 Å². The molecule has 0 unspecified atom stereocenters. The Labute approximate surface area is 183 Å². The lowest BCUT2D eigenvalue weighted by atomic mass is 9.72. The summed E-state index contributed by atoms with van der Waals surface area (Å²) in [5.41, 5.74) is 5.75. The average molecular weight is 410 g/mol. The van der Waals surface area contributed by atoms with E-state index in [1.54, 1.807) is 12.3 Å². The van der Waals surface area contributed by atoms with Crippen LogP contribution in [-0.4, -0.2) is 17.6 Å². The van der Waals surface area contributed by atoms with Crippen molar-refractivity contribution in [1.82, 2.24) is 4.98 Å². The fourth-order valence-corrected chi connectivity index (χ4v) is 4.09. The summed E-state index contributed by atoms with van der Waals surface area (Å²) >= 11 is 0. The number of aromatic nitrogens is 1. The molecule has 1 aromatic heterocycles. The zero-order valence-corrected chi connectivity index (χ0v) is 19.6. The van der Waals surface area contributed by atoms with E-state index in [0.29, 0.717) is 12.3 Å². The van der Waals surface area contributed by atoms with Crippen LogP contribution in [0, 0.1) is 5.41 Å². The smallest absolute Gasteiger partial charge is 0.356 e. The van der Waals surface area contributed by atoms with Crippen molar-refractivity contribution in [2.45, 2.75) is 86.0 Å². The largest absolute Gasteiger partial charge is 0.461 e. The second-order valence-corrected chi connectivity index (χ2v) is 9.18. The number of unbranched alkanes of at least 4 members (excludes halogenated alkanes) is 4. The van der Waals surface area contributed by atoms with Gasteiger partial charge in [0.2, 0.25) is 0 Å². The van der Waals surface area contributed by atoms with Crippen LogP contribution in [0.3, 0.4) is 0 Å². The van der Waals surface area contributed by atoms with Gasteiger partial charge in [-0.3, -0.25) is 0 Å². The van der Waals surface area contributed by atoms with Crippen molar-refractivity contribution in [3.8, 4) is 0 Å². The number of allylic oxidation sites excluding steroid dienone is 5. The van der Waals surface area contributed by atoms with Crippen LogP contribution in [0.4, 0.5) is 0 Å². The van der Waals surface area contributed by atoms with E-state index in [0.717, 1.165) is 18.4 Å². The van der Waals surface area contributed by atoms with Gasteiger partial charge in [0, 0.05) is 6.20 Å². The van der Waals surface area contributed by atoms with Gasteiger partial charge in [-0.15, -0.1) is 0 Å². The van der Waals surface area contributed by atoms with E-state index in [4.69, 9.17) is 4.74 Å². The molecule has 1 heterocycles. The Morgan fingerprint density at radius 1 is 1.20 bits per heavy atom. The monoisotopic (exact) mass is 409 g/mol. The number of ether oxygens (including phenoxy) is 1. The number of carbonyl (C=O) groups is 1. The van der Waals surface area contributed by atoms with Crippen LogP contribution in [0.25, 0.3) is 6.08 Å². The van der Waals surface area contributed by atoms with Crippen LogP contribution in [-0.2, 0) is 4.74 Å². The number of rotatable bonds is 10. The Hall–Kier alpha value is -2.16. The lowest BCUT2D eigenvalue weighted by Gasteiger charge is -2.32. The third-order valence-corrected chi connectivity index (χ3v) is 5.93. The Balaban J connectivity index is 1.91. The van der Waals surface area contributed by atoms with Crippen molar-refractivity contribution >= 4 is 12.0 Å². The molecule has 0 aromatic carbocycles. The predicted octanol–water partition coefficient (Wildman–Crippen LogP) is 7.69. The predicted molar refractivity (Wildman–Crippen MR) is 126 cm³/mol. The Morgan fingerprint density at radius 2 is 1.97 bits per heavy atom. The minimum atomic E-state index is -0.334. The minimum absolute atomic E-state index is 0.249. The zero-order valence-electron chi connectivity index (χ0n) is 19.6. The van der Waals surface area contributed by atoms with Crippen molar-refractivity contribution in [2.75, 3.05) is 6.61 Å². The summed E-state index contributed by atoms with van der Waals surface area (Å²) in [6.07, 6.45) is 17.7. The van der Waals surface area contributed by atoms with E-state index >= 15 is 0 Å². The van der Waals surface area contributed by atoms with E-state index in [2.05, 4.69) is 57.8 Å². The van der Waals surface area contributed by atoms with Gasteiger partial charge in [-0.2, -0.15) is 0 Å². The summed E-state index contributed by atoms with van der Waals surface area (Å²) in [7, 11) is 0. The van der Waals surface area contributed by atoms with Crippen LogP contribution in [0.5, 0.6) is 0 Å². The molecular weight excluding hydrogens is 370 g/mol. The van der Waals surface area contributed by atoms with Gasteiger partial charge in [-0.25, -0.2) is 9.78 Å². The molecule has 3 nitrogen and oxygen atoms in total. The van der Waals surface area contributed by atoms with Crippen LogP contribution in [0.15, 0.2) is 47.2 Å². The summed E-state index contributed by atoms with van der Waals surface area (Å²) in [5.74, 6) is -0.334. The normalized spacial score (nSPS) is 16.9. The Kier molecular flexibility index (Phi) is 9.55. The van der Waals surface area contributed by atoms with Crippen molar-refractivity contribution in [3.63, 3.8) is 0 Å². The summed E-state index contributed by atoms with van der Waals surface area (Å²) in [4.78, 5) is 16.4. The highest BCUT2D eigenvalue weighted by Gasteiger charge is 2.26. The lowest BCUT2D eigenvalue weighted by Crippen LogP contribution is -2.19. The van der Waals surface area contributed by atoms with Crippen molar-refractivity contribution in [2.24, 2.45) is 5.41 Å². The SMILES string of the molecule is CCCCCCCOC(=O)c1ccc(C=C(C)C=CC2=C(C)CCCC2(C)C)cn1. The molecule has 0 aliphatic heterocycles. The summed E-state index contributed by atoms with van der Waals surface area (Å²) in [6.45, 7) is 11.7. The molecule has 0 saturated heterocycles. The van der Waals surface area contributed by atoms with Crippen LogP contribution < -0.4 is 0 Å². The van der Waals surface area contributed by atoms with Crippen LogP contribution in [0.1, 0.15) is 102 Å². The van der Waals surface area contributed by atoms with E-state index < -0.39 is 0 Å². The number of hydrogen-bond acceptors (Lipinski definition) is 3. The number of carbonyl (C=O) groups excluding carboxylic acids is 1. The van der Waals surface area contributed by atoms with Gasteiger partial charge in [0.25, 0.3) is 0 Å². The molecule has 0 spiro atoms. The van der Waals surface area contributed by atoms with E-state index in [9.17, 15) is 4.79 Å². The molecule has 1 aliphatic carbocycles. The first-order chi connectivity index (χ1) is 14.3. The third-order valence-electron chi connectivity index (χ3n) is 5.93. The highest BCUT2D eigenvalue weighted by atomic mass is 16.5. The molecule has 0 atom stereocenters. The summed E-state index contributed by atoms with van der Waals surface area (Å²) in [6, 6.07) is 3.68.